The number of hydrogen-bond donors (Lipinski definition) is 2. The van der Waals surface area contributed by atoms with Crippen LogP contribution in [0.25, 0.3) is 34.1 Å². The number of nitrogens with one attached hydrogen (secondary N) is 2. The van der Waals surface area contributed by atoms with E-state index in [9.17, 15) is 4.79 Å². The first-order valence-corrected chi connectivity index (χ1v) is 12.3. The van der Waals surface area contributed by atoms with Crippen molar-refractivity contribution in [1.29, 1.82) is 0 Å². The van der Waals surface area contributed by atoms with Gasteiger partial charge in [-0.05, 0) is 32.0 Å². The predicted octanol–water partition coefficient (Wildman–Crippen LogP) is 3.65. The van der Waals surface area contributed by atoms with E-state index in [1.807, 2.05) is 66.9 Å². The number of H-pyrrole nitrogens is 1. The normalized spacial score (nSPS) is 11.3. The van der Waals surface area contributed by atoms with Gasteiger partial charge in [0.25, 0.3) is 5.89 Å². The van der Waals surface area contributed by atoms with Crippen LogP contribution >= 0.6 is 11.8 Å². The van der Waals surface area contributed by atoms with Gasteiger partial charge in [0, 0.05) is 25.1 Å². The Morgan fingerprint density at radius 2 is 2.03 bits per heavy atom. The van der Waals surface area contributed by atoms with Crippen LogP contribution in [0.4, 0.5) is 0 Å². The van der Waals surface area contributed by atoms with Gasteiger partial charge in [-0.15, -0.1) is 10.2 Å². The highest BCUT2D eigenvalue weighted by Crippen LogP contribution is 2.25. The summed E-state index contributed by atoms with van der Waals surface area (Å²) in [6, 6.07) is 15.7. The first kappa shape index (κ1) is 22.8. The van der Waals surface area contributed by atoms with Gasteiger partial charge >= 0.3 is 0 Å². The quantitative estimate of drug-likeness (QED) is 0.301. The minimum atomic E-state index is -0.0853. The van der Waals surface area contributed by atoms with Crippen molar-refractivity contribution in [1.82, 2.24) is 40.2 Å². The van der Waals surface area contributed by atoms with Gasteiger partial charge in [0.2, 0.25) is 17.6 Å². The summed E-state index contributed by atoms with van der Waals surface area (Å²) in [5.74, 6) is 2.24. The van der Waals surface area contributed by atoms with Gasteiger partial charge in [-0.2, -0.15) is 4.98 Å². The zero-order valence-corrected chi connectivity index (χ0v) is 20.2. The minimum Gasteiger partial charge on any atom is -0.355 e. The largest absolute Gasteiger partial charge is 0.355 e. The lowest BCUT2D eigenvalue weighted by atomic mass is 10.1. The molecule has 0 spiro atoms. The first-order chi connectivity index (χ1) is 17.1. The fourth-order valence-corrected chi connectivity index (χ4v) is 4.51. The van der Waals surface area contributed by atoms with Gasteiger partial charge in [-0.3, -0.25) is 9.36 Å². The first-order valence-electron chi connectivity index (χ1n) is 11.3. The third-order valence-electron chi connectivity index (χ3n) is 5.38. The second-order valence-electron chi connectivity index (χ2n) is 7.93. The van der Waals surface area contributed by atoms with Crippen molar-refractivity contribution in [2.45, 2.75) is 32.0 Å². The van der Waals surface area contributed by atoms with E-state index in [0.29, 0.717) is 36.3 Å². The number of rotatable bonds is 9. The Morgan fingerprint density at radius 3 is 2.86 bits per heavy atom. The number of imidazole rings is 1. The molecule has 0 aliphatic heterocycles. The number of fused-ring (bicyclic) bond motifs is 1. The van der Waals surface area contributed by atoms with Gasteiger partial charge in [-0.25, -0.2) is 4.98 Å². The third kappa shape index (κ3) is 5.09. The van der Waals surface area contributed by atoms with Gasteiger partial charge in [0.15, 0.2) is 5.16 Å². The summed E-state index contributed by atoms with van der Waals surface area (Å²) in [6.07, 6.45) is 0.626. The molecule has 0 radical (unpaired) electrons. The number of aromatic nitrogens is 7. The third-order valence-corrected chi connectivity index (χ3v) is 6.35. The Bertz CT molecular complexity index is 1440. The van der Waals surface area contributed by atoms with E-state index >= 15 is 0 Å². The second-order valence-corrected chi connectivity index (χ2v) is 8.87. The number of aryl methyl sites for hydroxylation is 1. The number of aromatic amines is 1. The molecule has 10 nitrogen and oxygen atoms in total. The average molecular weight is 489 g/mol. The molecule has 2 aromatic carbocycles. The molecule has 3 aromatic heterocycles. The van der Waals surface area contributed by atoms with E-state index in [-0.39, 0.29) is 17.6 Å². The number of hydrogen-bond acceptors (Lipinski definition) is 8. The smallest absolute Gasteiger partial charge is 0.296 e. The zero-order valence-electron chi connectivity index (χ0n) is 19.4. The summed E-state index contributed by atoms with van der Waals surface area (Å²) < 4.78 is 7.32. The summed E-state index contributed by atoms with van der Waals surface area (Å²) in [7, 11) is 0. The van der Waals surface area contributed by atoms with Crippen LogP contribution in [-0.4, -0.2) is 53.1 Å². The number of benzene rings is 2. The lowest BCUT2D eigenvalue weighted by molar-refractivity contribution is -0.118. The fourth-order valence-electron chi connectivity index (χ4n) is 3.68. The Morgan fingerprint density at radius 1 is 1.14 bits per heavy atom. The number of amides is 1. The van der Waals surface area contributed by atoms with Gasteiger partial charge < -0.3 is 14.8 Å². The molecule has 0 saturated carbocycles. The van der Waals surface area contributed by atoms with E-state index in [0.717, 1.165) is 28.0 Å². The molecule has 0 atom stereocenters. The van der Waals surface area contributed by atoms with Gasteiger partial charge in [0.05, 0.1) is 16.8 Å². The van der Waals surface area contributed by atoms with Crippen molar-refractivity contribution < 1.29 is 9.32 Å². The number of nitrogens with zero attached hydrogens (tertiary/aromatic N) is 6. The van der Waals surface area contributed by atoms with Crippen LogP contribution in [0.2, 0.25) is 0 Å². The van der Waals surface area contributed by atoms with Crippen LogP contribution < -0.4 is 5.32 Å². The molecule has 2 N–H and O–H groups in total. The highest BCUT2D eigenvalue weighted by Gasteiger charge is 2.20. The SMILES string of the molecule is CCn1c(SCC(=O)NCCc2nc3ccccc3[nH]2)nnc1-c1nc(-c2cccc(C)c2)no1. The van der Waals surface area contributed by atoms with Crippen LogP contribution in [0.1, 0.15) is 18.3 Å². The summed E-state index contributed by atoms with van der Waals surface area (Å²) in [4.78, 5) is 24.7. The lowest BCUT2D eigenvalue weighted by Crippen LogP contribution is -2.27. The van der Waals surface area contributed by atoms with E-state index < -0.39 is 0 Å². The molecule has 0 aliphatic carbocycles. The molecule has 0 bridgehead atoms. The Balaban J connectivity index is 1.18. The molecule has 3 heterocycles. The van der Waals surface area contributed by atoms with Gasteiger partial charge in [-0.1, -0.05) is 52.8 Å². The maximum absolute atomic E-state index is 12.4. The van der Waals surface area contributed by atoms with E-state index in [2.05, 4.69) is 35.6 Å². The van der Waals surface area contributed by atoms with E-state index in [1.54, 1.807) is 0 Å². The van der Waals surface area contributed by atoms with Crippen LogP contribution in [0.15, 0.2) is 58.2 Å². The average Bonchev–Trinajstić information content (AvgIpc) is 3.60. The van der Waals surface area contributed by atoms with Crippen LogP contribution in [0, 0.1) is 6.92 Å². The summed E-state index contributed by atoms with van der Waals surface area (Å²) in [6.45, 7) is 5.08. The molecule has 178 valence electrons. The maximum Gasteiger partial charge on any atom is 0.296 e. The molecule has 11 heteroatoms. The van der Waals surface area contributed by atoms with Crippen molar-refractivity contribution in [3.8, 4) is 23.1 Å². The zero-order chi connectivity index (χ0) is 24.2. The topological polar surface area (TPSA) is 127 Å². The molecule has 0 unspecified atom stereocenters. The maximum atomic E-state index is 12.4. The highest BCUT2D eigenvalue weighted by molar-refractivity contribution is 7.99. The molecule has 0 saturated heterocycles. The van der Waals surface area contributed by atoms with Crippen molar-refractivity contribution in [2.24, 2.45) is 0 Å². The van der Waals surface area contributed by atoms with Crippen molar-refractivity contribution in [2.75, 3.05) is 12.3 Å². The predicted molar refractivity (Wildman–Crippen MR) is 133 cm³/mol. The number of thioether (sulfide) groups is 1. The second kappa shape index (κ2) is 10.1. The molecule has 5 aromatic rings. The molecule has 0 fully saturated rings. The summed E-state index contributed by atoms with van der Waals surface area (Å²) in [5, 5.41) is 16.1. The number of para-hydroxylation sites is 2. The lowest BCUT2D eigenvalue weighted by Gasteiger charge is -2.06. The minimum absolute atomic E-state index is 0.0853. The molecule has 5 rings (SSSR count). The Hall–Kier alpha value is -3.99. The summed E-state index contributed by atoms with van der Waals surface area (Å²) >= 11 is 1.31. The highest BCUT2D eigenvalue weighted by atomic mass is 32.2. The monoisotopic (exact) mass is 488 g/mol. The Labute approximate surface area is 205 Å². The molecule has 35 heavy (non-hydrogen) atoms. The van der Waals surface area contributed by atoms with Crippen LogP contribution in [0.5, 0.6) is 0 Å². The Kier molecular flexibility index (Phi) is 6.57. The fraction of sp³-hybridized carbons (Fsp3) is 0.250. The standard InChI is InChI=1S/C24H24N8O2S/c1-3-32-22(23-28-21(31-34-23)16-8-6-7-15(2)13-16)29-30-24(32)35-14-20(33)25-12-11-19-26-17-9-4-5-10-18(17)27-19/h4-10,13H,3,11-12,14H2,1-2H3,(H,25,33)(H,26,27). The molecule has 1 amide bonds. The molecule has 0 aliphatic rings. The van der Waals surface area contributed by atoms with Crippen molar-refractivity contribution in [3.05, 3.63) is 59.9 Å². The van der Waals surface area contributed by atoms with Crippen molar-refractivity contribution in [3.63, 3.8) is 0 Å². The van der Waals surface area contributed by atoms with Crippen LogP contribution in [0.3, 0.4) is 0 Å². The van der Waals surface area contributed by atoms with Crippen LogP contribution in [-0.2, 0) is 17.8 Å². The van der Waals surface area contributed by atoms with E-state index in [4.69, 9.17) is 4.52 Å². The summed E-state index contributed by atoms with van der Waals surface area (Å²) in [5.41, 5.74) is 3.90. The number of carbonyl (C=O) groups excluding carboxylic acids is 1. The van der Waals surface area contributed by atoms with Gasteiger partial charge in [0.1, 0.15) is 5.82 Å². The number of carbonyl (C=O) groups is 1. The van der Waals surface area contributed by atoms with E-state index in [1.165, 1.54) is 11.8 Å². The van der Waals surface area contributed by atoms with Crippen molar-refractivity contribution >= 4 is 28.7 Å². The molecular weight excluding hydrogens is 464 g/mol. The molecular formula is C24H24N8O2S.